The second kappa shape index (κ2) is 10.4. The molecule has 2 aliphatic heterocycles. The molecular weight excluding hydrogens is 446 g/mol. The number of hydrogen-bond donors (Lipinski definition) is 1. The largest absolute Gasteiger partial charge is 0.308 e. The van der Waals surface area contributed by atoms with Gasteiger partial charge >= 0.3 is 0 Å². The van der Waals surface area contributed by atoms with Crippen molar-refractivity contribution in [1.29, 1.82) is 0 Å². The molecule has 8 heteroatoms. The molecular formula is C24H30ClN3O3S. The van der Waals surface area contributed by atoms with Crippen molar-refractivity contribution < 1.29 is 13.2 Å². The number of nitrogens with zero attached hydrogens (tertiary/aromatic N) is 2. The molecule has 2 heterocycles. The van der Waals surface area contributed by atoms with Gasteiger partial charge in [0.1, 0.15) is 0 Å². The van der Waals surface area contributed by atoms with E-state index < -0.39 is 10.0 Å². The van der Waals surface area contributed by atoms with E-state index in [4.69, 9.17) is 11.6 Å². The number of halogens is 1. The highest BCUT2D eigenvalue weighted by Crippen LogP contribution is 2.26. The Morgan fingerprint density at radius 2 is 1.62 bits per heavy atom. The predicted octanol–water partition coefficient (Wildman–Crippen LogP) is 3.73. The van der Waals surface area contributed by atoms with Gasteiger partial charge in [-0.05, 0) is 68.6 Å². The van der Waals surface area contributed by atoms with Crippen molar-refractivity contribution in [3.05, 3.63) is 64.7 Å². The van der Waals surface area contributed by atoms with Gasteiger partial charge in [-0.1, -0.05) is 35.9 Å². The van der Waals surface area contributed by atoms with Gasteiger partial charge < -0.3 is 5.32 Å². The molecule has 0 amide bonds. The molecule has 0 radical (unpaired) electrons. The van der Waals surface area contributed by atoms with E-state index in [0.29, 0.717) is 30.2 Å². The molecule has 1 N–H and O–H groups in total. The average Bonchev–Trinajstić information content (AvgIpc) is 3.52. The Bertz CT molecular complexity index is 1030. The molecule has 0 spiro atoms. The Morgan fingerprint density at radius 1 is 0.969 bits per heavy atom. The summed E-state index contributed by atoms with van der Waals surface area (Å²) < 4.78 is 27.2. The number of carbonyl (C=O) groups is 1. The predicted molar refractivity (Wildman–Crippen MR) is 127 cm³/mol. The number of Topliss-reactive ketones (excluding diaryl/α,β-unsaturated/α-hetero) is 1. The zero-order chi connectivity index (χ0) is 22.6. The summed E-state index contributed by atoms with van der Waals surface area (Å²) in [6.45, 7) is 3.97. The smallest absolute Gasteiger partial charge is 0.243 e. The van der Waals surface area contributed by atoms with Crippen LogP contribution >= 0.6 is 11.6 Å². The summed E-state index contributed by atoms with van der Waals surface area (Å²) in [6, 6.07) is 14.5. The number of carbonyl (C=O) groups excluding carboxylic acids is 1. The quantitative estimate of drug-likeness (QED) is 0.559. The minimum absolute atomic E-state index is 0.111. The molecule has 2 aliphatic rings. The molecule has 2 fully saturated rings. The maximum Gasteiger partial charge on any atom is 0.243 e. The van der Waals surface area contributed by atoms with Gasteiger partial charge in [-0.2, -0.15) is 4.31 Å². The van der Waals surface area contributed by atoms with E-state index >= 15 is 0 Å². The molecule has 172 valence electrons. The first-order chi connectivity index (χ1) is 15.4. The SMILES string of the molecule is O=C(CNCC(c1ccc(Cl)cc1)N1CCCC1)c1cccc(S(=O)(=O)N2CCCC2)c1. The molecule has 0 aromatic heterocycles. The first-order valence-corrected chi connectivity index (χ1v) is 13.1. The normalized spacial score (nSPS) is 18.8. The molecule has 0 bridgehead atoms. The molecule has 2 aromatic carbocycles. The third-order valence-electron chi connectivity index (χ3n) is 6.32. The monoisotopic (exact) mass is 475 g/mol. The Balaban J connectivity index is 1.41. The van der Waals surface area contributed by atoms with E-state index in [1.54, 1.807) is 18.2 Å². The molecule has 1 atom stereocenters. The summed E-state index contributed by atoms with van der Waals surface area (Å²) in [6.07, 6.45) is 4.13. The molecule has 1 unspecified atom stereocenters. The van der Waals surface area contributed by atoms with Gasteiger partial charge in [0, 0.05) is 36.3 Å². The van der Waals surface area contributed by atoms with Crippen LogP contribution < -0.4 is 5.32 Å². The molecule has 6 nitrogen and oxygen atoms in total. The number of ketones is 1. The van der Waals surface area contributed by atoms with Crippen molar-refractivity contribution in [2.45, 2.75) is 36.6 Å². The molecule has 2 aromatic rings. The topological polar surface area (TPSA) is 69.7 Å². The Labute approximate surface area is 195 Å². The van der Waals surface area contributed by atoms with E-state index in [-0.39, 0.29) is 23.3 Å². The highest BCUT2D eigenvalue weighted by atomic mass is 35.5. The highest BCUT2D eigenvalue weighted by Gasteiger charge is 2.28. The van der Waals surface area contributed by atoms with E-state index in [2.05, 4.69) is 10.2 Å². The van der Waals surface area contributed by atoms with Gasteiger partial charge in [0.2, 0.25) is 10.0 Å². The zero-order valence-electron chi connectivity index (χ0n) is 18.2. The fourth-order valence-electron chi connectivity index (χ4n) is 4.53. The summed E-state index contributed by atoms with van der Waals surface area (Å²) in [5.74, 6) is -0.111. The van der Waals surface area contributed by atoms with Crippen LogP contribution in [0.4, 0.5) is 0 Å². The third-order valence-corrected chi connectivity index (χ3v) is 8.46. The Kier molecular flexibility index (Phi) is 7.63. The maximum absolute atomic E-state index is 12.8. The molecule has 32 heavy (non-hydrogen) atoms. The van der Waals surface area contributed by atoms with E-state index in [1.807, 2.05) is 24.3 Å². The van der Waals surface area contributed by atoms with Gasteiger partial charge in [0.15, 0.2) is 5.78 Å². The van der Waals surface area contributed by atoms with E-state index in [1.165, 1.54) is 28.8 Å². The fraction of sp³-hybridized carbons (Fsp3) is 0.458. The molecule has 4 rings (SSSR count). The second-order valence-corrected chi connectivity index (χ2v) is 10.9. The van der Waals surface area contributed by atoms with E-state index in [0.717, 1.165) is 25.9 Å². The lowest BCUT2D eigenvalue weighted by Crippen LogP contribution is -2.36. The minimum atomic E-state index is -3.54. The van der Waals surface area contributed by atoms with Crippen molar-refractivity contribution in [3.63, 3.8) is 0 Å². The van der Waals surface area contributed by atoms with Crippen LogP contribution in [0.2, 0.25) is 5.02 Å². The average molecular weight is 476 g/mol. The van der Waals surface area contributed by atoms with Gasteiger partial charge in [0.25, 0.3) is 0 Å². The van der Waals surface area contributed by atoms with Gasteiger partial charge in [-0.25, -0.2) is 8.42 Å². The number of likely N-dealkylation sites (tertiary alicyclic amines) is 1. The lowest BCUT2D eigenvalue weighted by atomic mass is 10.1. The van der Waals surface area contributed by atoms with Crippen molar-refractivity contribution in [2.24, 2.45) is 0 Å². The Morgan fingerprint density at radius 3 is 2.31 bits per heavy atom. The summed E-state index contributed by atoms with van der Waals surface area (Å²) in [5, 5.41) is 4.01. The second-order valence-electron chi connectivity index (χ2n) is 8.50. The van der Waals surface area contributed by atoms with Crippen LogP contribution in [0.15, 0.2) is 53.4 Å². The number of sulfonamides is 1. The van der Waals surface area contributed by atoms with Crippen LogP contribution in [0.25, 0.3) is 0 Å². The van der Waals surface area contributed by atoms with Crippen molar-refractivity contribution in [2.75, 3.05) is 39.3 Å². The highest BCUT2D eigenvalue weighted by molar-refractivity contribution is 7.89. The molecule has 2 saturated heterocycles. The summed E-state index contributed by atoms with van der Waals surface area (Å²) in [5.41, 5.74) is 1.59. The van der Waals surface area contributed by atoms with Crippen molar-refractivity contribution >= 4 is 27.4 Å². The van der Waals surface area contributed by atoms with Crippen molar-refractivity contribution in [3.8, 4) is 0 Å². The van der Waals surface area contributed by atoms with Crippen LogP contribution in [0.3, 0.4) is 0 Å². The third kappa shape index (κ3) is 5.41. The number of hydrogen-bond acceptors (Lipinski definition) is 5. The fourth-order valence-corrected chi connectivity index (χ4v) is 6.22. The summed E-state index contributed by atoms with van der Waals surface area (Å²) in [4.78, 5) is 15.5. The number of benzene rings is 2. The van der Waals surface area contributed by atoms with Crippen LogP contribution in [0, 0.1) is 0 Å². The van der Waals surface area contributed by atoms with Crippen LogP contribution in [0.5, 0.6) is 0 Å². The molecule has 0 saturated carbocycles. The van der Waals surface area contributed by atoms with Crippen LogP contribution in [-0.4, -0.2) is 62.7 Å². The minimum Gasteiger partial charge on any atom is -0.308 e. The standard InChI is InChI=1S/C24H30ClN3O3S/c25-21-10-8-19(9-11-21)23(27-12-1-2-13-27)17-26-18-24(29)20-6-5-7-22(16-20)32(30,31)28-14-3-4-15-28/h5-11,16,23,26H,1-4,12-15,17-18H2. The lowest BCUT2D eigenvalue weighted by Gasteiger charge is -2.28. The first-order valence-electron chi connectivity index (χ1n) is 11.3. The maximum atomic E-state index is 12.8. The number of rotatable bonds is 9. The lowest BCUT2D eigenvalue weighted by molar-refractivity contribution is 0.0987. The van der Waals surface area contributed by atoms with Gasteiger partial charge in [-0.15, -0.1) is 0 Å². The van der Waals surface area contributed by atoms with Gasteiger partial charge in [-0.3, -0.25) is 9.69 Å². The van der Waals surface area contributed by atoms with E-state index in [9.17, 15) is 13.2 Å². The molecule has 0 aliphatic carbocycles. The van der Waals surface area contributed by atoms with Gasteiger partial charge in [0.05, 0.1) is 11.4 Å². The number of nitrogens with one attached hydrogen (secondary N) is 1. The summed E-state index contributed by atoms with van der Waals surface area (Å²) >= 11 is 6.06. The summed E-state index contributed by atoms with van der Waals surface area (Å²) in [7, 11) is -3.54. The van der Waals surface area contributed by atoms with Crippen LogP contribution in [0.1, 0.15) is 47.6 Å². The Hall–Kier alpha value is -1.77. The first kappa shape index (κ1) is 23.4. The van der Waals surface area contributed by atoms with Crippen LogP contribution in [-0.2, 0) is 10.0 Å². The zero-order valence-corrected chi connectivity index (χ0v) is 19.7. The van der Waals surface area contributed by atoms with Crippen molar-refractivity contribution in [1.82, 2.24) is 14.5 Å².